The van der Waals surface area contributed by atoms with Gasteiger partial charge in [0.05, 0.1) is 20.8 Å². The Hall–Kier alpha value is -3.19. The van der Waals surface area contributed by atoms with E-state index in [-0.39, 0.29) is 12.4 Å². The lowest BCUT2D eigenvalue weighted by Gasteiger charge is -2.12. The number of carbonyl (C=O) groups is 1. The van der Waals surface area contributed by atoms with Gasteiger partial charge in [-0.1, -0.05) is 23.8 Å². The number of carbonyl (C=O) groups excluding carboxylic acids is 1. The van der Waals surface area contributed by atoms with Crippen molar-refractivity contribution in [3.05, 3.63) is 58.5 Å². The fraction of sp³-hybridized carbons (Fsp3) is 0.261. The Kier molecular flexibility index (Phi) is 6.84. The van der Waals surface area contributed by atoms with Crippen LogP contribution in [0.1, 0.15) is 28.4 Å². The molecule has 0 fully saturated rings. The molecule has 0 aliphatic carbocycles. The average molecular weight is 428 g/mol. The van der Waals surface area contributed by atoms with Crippen LogP contribution in [0.2, 0.25) is 0 Å². The van der Waals surface area contributed by atoms with Gasteiger partial charge in [-0.25, -0.2) is 4.79 Å². The second-order valence-electron chi connectivity index (χ2n) is 6.63. The van der Waals surface area contributed by atoms with Crippen molar-refractivity contribution in [1.82, 2.24) is 0 Å². The summed E-state index contributed by atoms with van der Waals surface area (Å²) in [6.07, 6.45) is 0. The molecule has 0 atom stereocenters. The first-order valence-electron chi connectivity index (χ1n) is 9.51. The number of ether oxygens (including phenoxy) is 3. The van der Waals surface area contributed by atoms with Gasteiger partial charge in [0, 0.05) is 23.1 Å². The van der Waals surface area contributed by atoms with E-state index in [1.165, 1.54) is 11.3 Å². The number of aryl methyl sites for hydroxylation is 1. The Morgan fingerprint density at radius 3 is 2.57 bits per heavy atom. The fourth-order valence-corrected chi connectivity index (χ4v) is 4.10. The topological polar surface area (TPSA) is 77.0 Å². The van der Waals surface area contributed by atoms with Crippen LogP contribution in [0.5, 0.6) is 17.2 Å². The van der Waals surface area contributed by atoms with Crippen molar-refractivity contribution >= 4 is 22.3 Å². The third-order valence-corrected chi connectivity index (χ3v) is 5.58. The number of hydrogen-bond acceptors (Lipinski definition) is 7. The summed E-state index contributed by atoms with van der Waals surface area (Å²) in [5, 5.41) is 16.0. The summed E-state index contributed by atoms with van der Waals surface area (Å²) in [6.45, 7) is 4.40. The molecule has 0 saturated carbocycles. The summed E-state index contributed by atoms with van der Waals surface area (Å²) >= 11 is 1.41. The van der Waals surface area contributed by atoms with Gasteiger partial charge >= 0.3 is 5.97 Å². The number of aromatic hydroxyl groups is 1. The van der Waals surface area contributed by atoms with Gasteiger partial charge in [0.1, 0.15) is 16.3 Å². The van der Waals surface area contributed by atoms with Crippen molar-refractivity contribution in [1.29, 1.82) is 0 Å². The number of phenols is 1. The van der Waals surface area contributed by atoms with Crippen molar-refractivity contribution in [3.63, 3.8) is 0 Å². The zero-order chi connectivity index (χ0) is 21.7. The molecule has 3 aromatic rings. The van der Waals surface area contributed by atoms with Crippen LogP contribution in [-0.4, -0.2) is 31.9 Å². The van der Waals surface area contributed by atoms with Crippen molar-refractivity contribution in [2.75, 3.05) is 26.1 Å². The first kappa shape index (κ1) is 21.5. The molecule has 7 heteroatoms. The highest BCUT2D eigenvalue weighted by atomic mass is 32.1. The molecule has 2 N–H and O–H groups in total. The highest BCUT2D eigenvalue weighted by Crippen LogP contribution is 2.40. The highest BCUT2D eigenvalue weighted by Gasteiger charge is 2.22. The Balaban J connectivity index is 1.98. The Morgan fingerprint density at radius 1 is 1.10 bits per heavy atom. The lowest BCUT2D eigenvalue weighted by Crippen LogP contribution is -2.09. The molecule has 0 aliphatic heterocycles. The maximum Gasteiger partial charge on any atom is 0.341 e. The van der Waals surface area contributed by atoms with Crippen LogP contribution in [0.3, 0.4) is 0 Å². The van der Waals surface area contributed by atoms with Crippen molar-refractivity contribution in [3.8, 4) is 28.4 Å². The fourth-order valence-electron chi connectivity index (χ4n) is 3.14. The van der Waals surface area contributed by atoms with Crippen molar-refractivity contribution in [2.45, 2.75) is 20.4 Å². The lowest BCUT2D eigenvalue weighted by molar-refractivity contribution is 0.0529. The van der Waals surface area contributed by atoms with Gasteiger partial charge in [0.25, 0.3) is 0 Å². The van der Waals surface area contributed by atoms with Crippen molar-refractivity contribution < 1.29 is 24.1 Å². The molecule has 0 radical (unpaired) electrons. The highest BCUT2D eigenvalue weighted by molar-refractivity contribution is 7.15. The maximum atomic E-state index is 12.8. The molecule has 0 saturated heterocycles. The largest absolute Gasteiger partial charge is 0.508 e. The number of benzene rings is 2. The predicted octanol–water partition coefficient (Wildman–Crippen LogP) is 5.24. The summed E-state index contributed by atoms with van der Waals surface area (Å²) < 4.78 is 16.0. The zero-order valence-electron chi connectivity index (χ0n) is 17.4. The molecule has 3 rings (SSSR count). The SMILES string of the molecule is CCOC(=O)c1c(-c2ccc(OC)c(OC)c2)csc1NCc1cc(C)ccc1O. The number of esters is 1. The van der Waals surface area contributed by atoms with E-state index in [0.29, 0.717) is 28.6 Å². The monoisotopic (exact) mass is 427 g/mol. The molecule has 0 amide bonds. The van der Waals surface area contributed by atoms with E-state index in [1.807, 2.05) is 36.6 Å². The molecule has 0 spiro atoms. The minimum absolute atomic E-state index is 0.211. The third kappa shape index (κ3) is 4.52. The summed E-state index contributed by atoms with van der Waals surface area (Å²) in [6, 6.07) is 10.9. The first-order valence-corrected chi connectivity index (χ1v) is 10.4. The van der Waals surface area contributed by atoms with Gasteiger partial charge in [0.2, 0.25) is 0 Å². The molecule has 0 aliphatic rings. The van der Waals surface area contributed by atoms with Crippen LogP contribution < -0.4 is 14.8 Å². The standard InChI is InChI=1S/C23H25NO5S/c1-5-29-23(26)21-17(15-7-9-19(27-3)20(11-15)28-4)13-30-22(21)24-12-16-10-14(2)6-8-18(16)25/h6-11,13,24-25H,5,12H2,1-4H3. The Labute approximate surface area is 180 Å². The molecule has 158 valence electrons. The molecule has 0 bridgehead atoms. The summed E-state index contributed by atoms with van der Waals surface area (Å²) in [7, 11) is 3.15. The van der Waals surface area contributed by atoms with Crippen LogP contribution in [0.15, 0.2) is 41.8 Å². The summed E-state index contributed by atoms with van der Waals surface area (Å²) in [5.41, 5.74) is 3.83. The van der Waals surface area contributed by atoms with Gasteiger partial charge in [-0.3, -0.25) is 0 Å². The first-order chi connectivity index (χ1) is 14.5. The molecular formula is C23H25NO5S. The van der Waals surface area contributed by atoms with E-state index in [2.05, 4.69) is 5.32 Å². The molecule has 1 heterocycles. The van der Waals surface area contributed by atoms with Gasteiger partial charge < -0.3 is 24.6 Å². The van der Waals surface area contributed by atoms with E-state index in [0.717, 1.165) is 22.3 Å². The van der Waals surface area contributed by atoms with E-state index in [4.69, 9.17) is 14.2 Å². The average Bonchev–Trinajstić information content (AvgIpc) is 3.18. The molecule has 2 aromatic carbocycles. The van der Waals surface area contributed by atoms with Gasteiger partial charge in [0.15, 0.2) is 11.5 Å². The maximum absolute atomic E-state index is 12.8. The third-order valence-electron chi connectivity index (χ3n) is 4.64. The quantitative estimate of drug-likeness (QED) is 0.479. The lowest BCUT2D eigenvalue weighted by atomic mass is 10.0. The van der Waals surface area contributed by atoms with Crippen LogP contribution in [-0.2, 0) is 11.3 Å². The minimum atomic E-state index is -0.403. The van der Waals surface area contributed by atoms with Crippen LogP contribution in [0.4, 0.5) is 5.00 Å². The minimum Gasteiger partial charge on any atom is -0.508 e. The second-order valence-corrected chi connectivity index (χ2v) is 7.51. The number of phenolic OH excluding ortho intramolecular Hbond substituents is 1. The molecular weight excluding hydrogens is 402 g/mol. The second kappa shape index (κ2) is 9.54. The van der Waals surface area contributed by atoms with Crippen molar-refractivity contribution in [2.24, 2.45) is 0 Å². The number of methoxy groups -OCH3 is 2. The van der Waals surface area contributed by atoms with Crippen LogP contribution >= 0.6 is 11.3 Å². The summed E-state index contributed by atoms with van der Waals surface area (Å²) in [5.74, 6) is 1.000. The number of hydrogen-bond donors (Lipinski definition) is 2. The van der Waals surface area contributed by atoms with Crippen LogP contribution in [0, 0.1) is 6.92 Å². The normalized spacial score (nSPS) is 10.5. The van der Waals surface area contributed by atoms with Gasteiger partial charge in [-0.2, -0.15) is 0 Å². The van der Waals surface area contributed by atoms with Crippen LogP contribution in [0.25, 0.3) is 11.1 Å². The summed E-state index contributed by atoms with van der Waals surface area (Å²) in [4.78, 5) is 12.8. The van der Waals surface area contributed by atoms with Gasteiger partial charge in [-0.05, 0) is 37.6 Å². The number of nitrogens with one attached hydrogen (secondary N) is 1. The van der Waals surface area contributed by atoms with E-state index in [1.54, 1.807) is 33.3 Å². The predicted molar refractivity (Wildman–Crippen MR) is 119 cm³/mol. The molecule has 30 heavy (non-hydrogen) atoms. The zero-order valence-corrected chi connectivity index (χ0v) is 18.3. The molecule has 6 nitrogen and oxygen atoms in total. The number of anilines is 1. The Bertz CT molecular complexity index is 1040. The van der Waals surface area contributed by atoms with E-state index < -0.39 is 5.97 Å². The van der Waals surface area contributed by atoms with E-state index >= 15 is 0 Å². The van der Waals surface area contributed by atoms with E-state index in [9.17, 15) is 9.90 Å². The smallest absolute Gasteiger partial charge is 0.341 e. The number of thiophene rings is 1. The number of rotatable bonds is 8. The molecule has 1 aromatic heterocycles. The molecule has 0 unspecified atom stereocenters. The van der Waals surface area contributed by atoms with Gasteiger partial charge in [-0.15, -0.1) is 11.3 Å². The Morgan fingerprint density at radius 2 is 1.87 bits per heavy atom.